The van der Waals surface area contributed by atoms with Gasteiger partial charge in [-0.2, -0.15) is 4.98 Å². The maximum Gasteiger partial charge on any atom is 0.372 e. The smallest absolute Gasteiger partial charge is 0.372 e. The molecule has 0 radical (unpaired) electrons. The Labute approximate surface area is 140 Å². The van der Waals surface area contributed by atoms with Crippen molar-refractivity contribution in [2.75, 3.05) is 24.6 Å². The van der Waals surface area contributed by atoms with E-state index in [4.69, 9.17) is 9.47 Å². The van der Waals surface area contributed by atoms with Crippen LogP contribution in [0.4, 0.5) is 11.5 Å². The Bertz CT molecular complexity index is 600. The van der Waals surface area contributed by atoms with Gasteiger partial charge >= 0.3 is 11.7 Å². The van der Waals surface area contributed by atoms with Gasteiger partial charge in [-0.05, 0) is 33.6 Å². The van der Waals surface area contributed by atoms with Crippen LogP contribution < -0.4 is 9.64 Å². The molecule has 2 heterocycles. The lowest BCUT2D eigenvalue weighted by atomic mass is 9.97. The SMILES string of the molecule is CCOC(=O)C1CCN(c2ncnc(OC(C)C)c2[N+](=O)[O-])CC1. The van der Waals surface area contributed by atoms with Gasteiger partial charge in [0.05, 0.1) is 23.6 Å². The molecular formula is C15H22N4O5. The number of hydrogen-bond acceptors (Lipinski definition) is 8. The largest absolute Gasteiger partial charge is 0.470 e. The van der Waals surface area contributed by atoms with Crippen LogP contribution in [-0.2, 0) is 9.53 Å². The average molecular weight is 338 g/mol. The molecule has 0 saturated carbocycles. The van der Waals surface area contributed by atoms with Crippen LogP contribution in [0.15, 0.2) is 6.33 Å². The zero-order valence-corrected chi connectivity index (χ0v) is 14.1. The monoisotopic (exact) mass is 338 g/mol. The van der Waals surface area contributed by atoms with Gasteiger partial charge in [0, 0.05) is 13.1 Å². The van der Waals surface area contributed by atoms with Crippen molar-refractivity contribution in [1.82, 2.24) is 9.97 Å². The molecule has 0 atom stereocenters. The Morgan fingerprint density at radius 2 is 2.08 bits per heavy atom. The Balaban J connectivity index is 2.18. The Hall–Kier alpha value is -2.45. The lowest BCUT2D eigenvalue weighted by Crippen LogP contribution is -2.37. The third-order valence-electron chi connectivity index (χ3n) is 3.71. The van der Waals surface area contributed by atoms with E-state index in [1.807, 2.05) is 0 Å². The van der Waals surface area contributed by atoms with Crippen LogP contribution in [0.1, 0.15) is 33.6 Å². The highest BCUT2D eigenvalue weighted by molar-refractivity contribution is 5.73. The Kier molecular flexibility index (Phi) is 5.88. The summed E-state index contributed by atoms with van der Waals surface area (Å²) in [6, 6.07) is 0. The first-order valence-corrected chi connectivity index (χ1v) is 8.01. The van der Waals surface area contributed by atoms with Gasteiger partial charge in [0.25, 0.3) is 5.88 Å². The predicted octanol–water partition coefficient (Wildman–Crippen LogP) is 1.95. The zero-order chi connectivity index (χ0) is 17.7. The van der Waals surface area contributed by atoms with Crippen molar-refractivity contribution in [2.45, 2.75) is 39.7 Å². The molecule has 2 rings (SSSR count). The van der Waals surface area contributed by atoms with Gasteiger partial charge in [-0.1, -0.05) is 0 Å². The van der Waals surface area contributed by atoms with E-state index in [9.17, 15) is 14.9 Å². The number of aromatic nitrogens is 2. The molecule has 9 heteroatoms. The molecule has 0 amide bonds. The molecular weight excluding hydrogens is 316 g/mol. The van der Waals surface area contributed by atoms with E-state index >= 15 is 0 Å². The van der Waals surface area contributed by atoms with E-state index in [1.54, 1.807) is 25.7 Å². The molecule has 0 aliphatic carbocycles. The van der Waals surface area contributed by atoms with Crippen LogP contribution in [0, 0.1) is 16.0 Å². The maximum atomic E-state index is 11.8. The number of carbonyl (C=O) groups excluding carboxylic acids is 1. The molecule has 1 aromatic rings. The normalized spacial score (nSPS) is 15.4. The van der Waals surface area contributed by atoms with Crippen molar-refractivity contribution in [3.8, 4) is 5.88 Å². The standard InChI is InChI=1S/C15H22N4O5/c1-4-23-15(20)11-5-7-18(8-6-11)13-12(19(21)22)14(17-9-16-13)24-10(2)3/h9-11H,4-8H2,1-3H3. The quantitative estimate of drug-likeness (QED) is 0.440. The summed E-state index contributed by atoms with van der Waals surface area (Å²) in [5.74, 6) is -0.188. The van der Waals surface area contributed by atoms with Crippen molar-refractivity contribution >= 4 is 17.5 Å². The second-order valence-electron chi connectivity index (χ2n) is 5.79. The van der Waals surface area contributed by atoms with Gasteiger partial charge in [-0.15, -0.1) is 0 Å². The highest BCUT2D eigenvalue weighted by Crippen LogP contribution is 2.35. The predicted molar refractivity (Wildman–Crippen MR) is 86.0 cm³/mol. The highest BCUT2D eigenvalue weighted by atomic mass is 16.6. The second kappa shape index (κ2) is 7.89. The Morgan fingerprint density at radius 3 is 2.62 bits per heavy atom. The van der Waals surface area contributed by atoms with Crippen molar-refractivity contribution < 1.29 is 19.2 Å². The summed E-state index contributed by atoms with van der Waals surface area (Å²) in [5.41, 5.74) is -0.235. The van der Waals surface area contributed by atoms with E-state index in [0.29, 0.717) is 32.5 Å². The number of piperidine rings is 1. The summed E-state index contributed by atoms with van der Waals surface area (Å²) < 4.78 is 10.5. The first kappa shape index (κ1) is 17.9. The molecule has 1 aliphatic rings. The first-order chi connectivity index (χ1) is 11.4. The molecule has 0 spiro atoms. The minimum atomic E-state index is -0.523. The number of nitro groups is 1. The zero-order valence-electron chi connectivity index (χ0n) is 14.1. The fraction of sp³-hybridized carbons (Fsp3) is 0.667. The van der Waals surface area contributed by atoms with Crippen LogP contribution in [0.25, 0.3) is 0 Å². The second-order valence-corrected chi connectivity index (χ2v) is 5.79. The summed E-state index contributed by atoms with van der Waals surface area (Å²) in [6.45, 7) is 6.65. The number of rotatable bonds is 6. The average Bonchev–Trinajstić information content (AvgIpc) is 2.54. The van der Waals surface area contributed by atoms with Crippen molar-refractivity contribution in [3.63, 3.8) is 0 Å². The molecule has 0 bridgehead atoms. The minimum Gasteiger partial charge on any atom is -0.470 e. The van der Waals surface area contributed by atoms with Crippen LogP contribution in [0.3, 0.4) is 0 Å². The molecule has 1 saturated heterocycles. The van der Waals surface area contributed by atoms with Gasteiger partial charge < -0.3 is 14.4 Å². The van der Waals surface area contributed by atoms with Gasteiger partial charge in [0.1, 0.15) is 6.33 Å². The first-order valence-electron chi connectivity index (χ1n) is 8.01. The molecule has 24 heavy (non-hydrogen) atoms. The molecule has 1 aromatic heterocycles. The highest BCUT2D eigenvalue weighted by Gasteiger charge is 2.33. The van der Waals surface area contributed by atoms with E-state index in [-0.39, 0.29) is 35.4 Å². The molecule has 132 valence electrons. The van der Waals surface area contributed by atoms with Gasteiger partial charge in [-0.3, -0.25) is 14.9 Å². The van der Waals surface area contributed by atoms with E-state index < -0.39 is 4.92 Å². The number of hydrogen-bond donors (Lipinski definition) is 0. The van der Waals surface area contributed by atoms with Gasteiger partial charge in [0.2, 0.25) is 5.82 Å². The summed E-state index contributed by atoms with van der Waals surface area (Å²) in [5, 5.41) is 11.5. The summed E-state index contributed by atoms with van der Waals surface area (Å²) >= 11 is 0. The van der Waals surface area contributed by atoms with Crippen LogP contribution >= 0.6 is 0 Å². The third kappa shape index (κ3) is 4.09. The topological polar surface area (TPSA) is 108 Å². The third-order valence-corrected chi connectivity index (χ3v) is 3.71. The van der Waals surface area contributed by atoms with Crippen LogP contribution in [0.2, 0.25) is 0 Å². The molecule has 1 aliphatic heterocycles. The van der Waals surface area contributed by atoms with Gasteiger partial charge in [-0.25, -0.2) is 4.98 Å². The molecule has 9 nitrogen and oxygen atoms in total. The van der Waals surface area contributed by atoms with E-state index in [2.05, 4.69) is 9.97 Å². The minimum absolute atomic E-state index is 0.0347. The fourth-order valence-electron chi connectivity index (χ4n) is 2.64. The van der Waals surface area contributed by atoms with E-state index in [1.165, 1.54) is 6.33 Å². The van der Waals surface area contributed by atoms with Crippen molar-refractivity contribution in [3.05, 3.63) is 16.4 Å². The fourth-order valence-corrected chi connectivity index (χ4v) is 2.64. The van der Waals surface area contributed by atoms with Crippen molar-refractivity contribution in [1.29, 1.82) is 0 Å². The molecule has 0 N–H and O–H groups in total. The Morgan fingerprint density at radius 1 is 1.42 bits per heavy atom. The lowest BCUT2D eigenvalue weighted by molar-refractivity contribution is -0.385. The number of anilines is 1. The number of esters is 1. The van der Waals surface area contributed by atoms with Crippen LogP contribution in [0.5, 0.6) is 5.88 Å². The summed E-state index contributed by atoms with van der Waals surface area (Å²) in [4.78, 5) is 32.5. The summed E-state index contributed by atoms with van der Waals surface area (Å²) in [6.07, 6.45) is 2.17. The molecule has 1 fully saturated rings. The summed E-state index contributed by atoms with van der Waals surface area (Å²) in [7, 11) is 0. The molecule has 0 unspecified atom stereocenters. The number of nitrogens with zero attached hydrogens (tertiary/aromatic N) is 4. The lowest BCUT2D eigenvalue weighted by Gasteiger charge is -2.31. The number of carbonyl (C=O) groups is 1. The van der Waals surface area contributed by atoms with Crippen molar-refractivity contribution in [2.24, 2.45) is 5.92 Å². The molecule has 0 aromatic carbocycles. The van der Waals surface area contributed by atoms with E-state index in [0.717, 1.165) is 0 Å². The van der Waals surface area contributed by atoms with Gasteiger partial charge in [0.15, 0.2) is 0 Å². The van der Waals surface area contributed by atoms with Crippen LogP contribution in [-0.4, -0.2) is 46.7 Å². The number of ether oxygens (including phenoxy) is 2. The maximum absolute atomic E-state index is 11.8.